The first-order valence-electron chi connectivity index (χ1n) is 5.44. The minimum Gasteiger partial charge on any atom is -0.479 e. The van der Waals surface area contributed by atoms with E-state index in [0.29, 0.717) is 0 Å². The smallest absolute Gasteiger partial charge is 0.342 e. The van der Waals surface area contributed by atoms with Gasteiger partial charge in [0, 0.05) is 6.04 Å². The van der Waals surface area contributed by atoms with E-state index < -0.39 is 24.6 Å². The third kappa shape index (κ3) is 6.69. The molecule has 2 amide bonds. The Labute approximate surface area is 105 Å². The summed E-state index contributed by atoms with van der Waals surface area (Å²) < 4.78 is 4.72. The number of rotatable bonds is 7. The van der Waals surface area contributed by atoms with Gasteiger partial charge in [0.15, 0.2) is 6.61 Å². The molecule has 0 aromatic carbocycles. The van der Waals surface area contributed by atoms with Gasteiger partial charge in [0.1, 0.15) is 6.54 Å². The number of hydrogen-bond acceptors (Lipinski definition) is 5. The van der Waals surface area contributed by atoms with E-state index in [9.17, 15) is 14.4 Å². The summed E-state index contributed by atoms with van der Waals surface area (Å²) in [6, 6.07) is -0.956. The van der Waals surface area contributed by atoms with Crippen molar-refractivity contribution in [3.05, 3.63) is 0 Å². The second-order valence-electron chi connectivity index (χ2n) is 3.62. The third-order valence-electron chi connectivity index (χ3n) is 1.84. The number of carbonyl (C=O) groups excluding carboxylic acids is 2. The highest BCUT2D eigenvalue weighted by atomic mass is 16.7. The second kappa shape index (κ2) is 8.29. The zero-order valence-electron chi connectivity index (χ0n) is 10.6. The minimum atomic E-state index is -1.21. The van der Waals surface area contributed by atoms with Gasteiger partial charge in [-0.05, 0) is 20.8 Å². The van der Waals surface area contributed by atoms with Gasteiger partial charge in [0.05, 0.1) is 6.61 Å². The summed E-state index contributed by atoms with van der Waals surface area (Å²) in [6.07, 6.45) is 0. The Bertz CT molecular complexity index is 305. The SMILES string of the molecule is CCOC(=O)CN(C(=O)NOCC(=O)O)C(C)C. The average Bonchev–Trinajstić information content (AvgIpc) is 2.25. The maximum atomic E-state index is 11.6. The van der Waals surface area contributed by atoms with Gasteiger partial charge >= 0.3 is 18.0 Å². The van der Waals surface area contributed by atoms with E-state index in [4.69, 9.17) is 9.84 Å². The summed E-state index contributed by atoms with van der Waals surface area (Å²) in [5.74, 6) is -1.75. The van der Waals surface area contributed by atoms with E-state index in [2.05, 4.69) is 4.84 Å². The Morgan fingerprint density at radius 2 is 1.94 bits per heavy atom. The Morgan fingerprint density at radius 3 is 2.39 bits per heavy atom. The lowest BCUT2D eigenvalue weighted by atomic mass is 10.3. The molecule has 0 aliphatic carbocycles. The molecule has 18 heavy (non-hydrogen) atoms. The highest BCUT2D eigenvalue weighted by Gasteiger charge is 2.21. The molecule has 0 heterocycles. The molecule has 0 radical (unpaired) electrons. The molecule has 0 unspecified atom stereocenters. The number of urea groups is 1. The molecule has 0 aromatic rings. The average molecular weight is 262 g/mol. The lowest BCUT2D eigenvalue weighted by Crippen LogP contribution is -2.47. The van der Waals surface area contributed by atoms with Crippen LogP contribution in [0, 0.1) is 0 Å². The first-order valence-corrected chi connectivity index (χ1v) is 5.44. The molecule has 0 spiro atoms. The van der Waals surface area contributed by atoms with E-state index in [0.717, 1.165) is 0 Å². The van der Waals surface area contributed by atoms with Gasteiger partial charge < -0.3 is 14.7 Å². The van der Waals surface area contributed by atoms with Crippen LogP contribution in [-0.4, -0.2) is 53.8 Å². The number of nitrogens with zero attached hydrogens (tertiary/aromatic N) is 1. The van der Waals surface area contributed by atoms with E-state index >= 15 is 0 Å². The normalized spacial score (nSPS) is 10.0. The lowest BCUT2D eigenvalue weighted by molar-refractivity contribution is -0.146. The molecule has 0 saturated carbocycles. The van der Waals surface area contributed by atoms with Crippen LogP contribution in [0.5, 0.6) is 0 Å². The van der Waals surface area contributed by atoms with Crippen molar-refractivity contribution in [2.24, 2.45) is 0 Å². The second-order valence-corrected chi connectivity index (χ2v) is 3.62. The van der Waals surface area contributed by atoms with Crippen LogP contribution >= 0.6 is 0 Å². The highest BCUT2D eigenvalue weighted by molar-refractivity contribution is 5.80. The van der Waals surface area contributed by atoms with Crippen molar-refractivity contribution in [3.8, 4) is 0 Å². The molecular formula is C10H18N2O6. The lowest BCUT2D eigenvalue weighted by Gasteiger charge is -2.25. The van der Waals surface area contributed by atoms with E-state index in [-0.39, 0.29) is 19.2 Å². The monoisotopic (exact) mass is 262 g/mol. The topological polar surface area (TPSA) is 105 Å². The van der Waals surface area contributed by atoms with Crippen molar-refractivity contribution >= 4 is 18.0 Å². The van der Waals surface area contributed by atoms with Crippen LogP contribution in [0.1, 0.15) is 20.8 Å². The van der Waals surface area contributed by atoms with Crippen LogP contribution in [0.25, 0.3) is 0 Å². The molecule has 0 rings (SSSR count). The van der Waals surface area contributed by atoms with Crippen LogP contribution in [-0.2, 0) is 19.2 Å². The highest BCUT2D eigenvalue weighted by Crippen LogP contribution is 1.99. The molecule has 0 atom stereocenters. The predicted octanol–water partition coefficient (Wildman–Crippen LogP) is -0.0143. The minimum absolute atomic E-state index is 0.224. The molecular weight excluding hydrogens is 244 g/mol. The molecule has 0 fully saturated rings. The van der Waals surface area contributed by atoms with Gasteiger partial charge in [0.25, 0.3) is 0 Å². The van der Waals surface area contributed by atoms with Crippen LogP contribution < -0.4 is 5.48 Å². The molecule has 8 nitrogen and oxygen atoms in total. The maximum Gasteiger partial charge on any atom is 0.342 e. The van der Waals surface area contributed by atoms with E-state index in [1.54, 1.807) is 20.8 Å². The molecule has 0 bridgehead atoms. The van der Waals surface area contributed by atoms with Crippen LogP contribution in [0.4, 0.5) is 4.79 Å². The molecule has 2 N–H and O–H groups in total. The van der Waals surface area contributed by atoms with Gasteiger partial charge in [-0.3, -0.25) is 9.63 Å². The first-order chi connectivity index (χ1) is 8.38. The molecule has 0 aromatic heterocycles. The standard InChI is InChI=1S/C10H18N2O6/c1-4-17-9(15)5-12(7(2)3)10(16)11-18-6-8(13)14/h7H,4-6H2,1-3H3,(H,11,16)(H,13,14). The van der Waals surface area contributed by atoms with Crippen molar-refractivity contribution in [1.82, 2.24) is 10.4 Å². The Balaban J connectivity index is 4.27. The fourth-order valence-electron chi connectivity index (χ4n) is 1.05. The number of ether oxygens (including phenoxy) is 1. The van der Waals surface area contributed by atoms with Crippen molar-refractivity contribution in [2.45, 2.75) is 26.8 Å². The van der Waals surface area contributed by atoms with Crippen molar-refractivity contribution in [2.75, 3.05) is 19.8 Å². The fraction of sp³-hybridized carbons (Fsp3) is 0.700. The summed E-state index contributed by atoms with van der Waals surface area (Å²) in [6.45, 7) is 4.41. The molecule has 0 aliphatic heterocycles. The molecule has 0 saturated heterocycles. The van der Waals surface area contributed by atoms with Crippen LogP contribution in [0.15, 0.2) is 0 Å². The van der Waals surface area contributed by atoms with E-state index in [1.807, 2.05) is 5.48 Å². The number of nitrogens with one attached hydrogen (secondary N) is 1. The van der Waals surface area contributed by atoms with Crippen LogP contribution in [0.2, 0.25) is 0 Å². The number of esters is 1. The quantitative estimate of drug-likeness (QED) is 0.493. The van der Waals surface area contributed by atoms with E-state index in [1.165, 1.54) is 4.90 Å². The predicted molar refractivity (Wildman–Crippen MR) is 60.6 cm³/mol. The van der Waals surface area contributed by atoms with Crippen molar-refractivity contribution < 1.29 is 29.1 Å². The van der Waals surface area contributed by atoms with Gasteiger partial charge in [-0.15, -0.1) is 0 Å². The number of aliphatic carboxylic acids is 1. The number of amides is 2. The van der Waals surface area contributed by atoms with Gasteiger partial charge in [0.2, 0.25) is 0 Å². The number of carboxylic acid groups (broad SMARTS) is 1. The summed E-state index contributed by atoms with van der Waals surface area (Å²) in [5.41, 5.74) is 1.94. The van der Waals surface area contributed by atoms with Gasteiger partial charge in [-0.2, -0.15) is 0 Å². The Morgan fingerprint density at radius 1 is 1.33 bits per heavy atom. The molecule has 0 aliphatic rings. The number of carbonyl (C=O) groups is 3. The fourth-order valence-corrected chi connectivity index (χ4v) is 1.05. The zero-order valence-corrected chi connectivity index (χ0v) is 10.6. The number of hydroxylamine groups is 1. The summed E-state index contributed by atoms with van der Waals surface area (Å²) in [4.78, 5) is 38.6. The summed E-state index contributed by atoms with van der Waals surface area (Å²) >= 11 is 0. The molecule has 8 heteroatoms. The maximum absolute atomic E-state index is 11.6. The van der Waals surface area contributed by atoms with Gasteiger partial charge in [-0.25, -0.2) is 15.1 Å². The first kappa shape index (κ1) is 16.2. The third-order valence-corrected chi connectivity index (χ3v) is 1.84. The Kier molecular flexibility index (Phi) is 7.45. The van der Waals surface area contributed by atoms with Crippen molar-refractivity contribution in [3.63, 3.8) is 0 Å². The number of carboxylic acids is 1. The van der Waals surface area contributed by atoms with Gasteiger partial charge in [-0.1, -0.05) is 0 Å². The largest absolute Gasteiger partial charge is 0.479 e. The number of hydrogen-bond donors (Lipinski definition) is 2. The summed E-state index contributed by atoms with van der Waals surface area (Å²) in [7, 11) is 0. The molecule has 104 valence electrons. The summed E-state index contributed by atoms with van der Waals surface area (Å²) in [5, 5.41) is 8.33. The van der Waals surface area contributed by atoms with Crippen molar-refractivity contribution in [1.29, 1.82) is 0 Å². The Hall–Kier alpha value is -1.83. The zero-order chi connectivity index (χ0) is 14.1. The van der Waals surface area contributed by atoms with Crippen LogP contribution in [0.3, 0.4) is 0 Å².